The second kappa shape index (κ2) is 12.6. The number of hydrogen-bond acceptors (Lipinski definition) is 8. The number of rotatable bonds is 5. The van der Waals surface area contributed by atoms with E-state index in [1.54, 1.807) is 59.8 Å². The predicted molar refractivity (Wildman–Crippen MR) is 196 cm³/mol. The minimum absolute atomic E-state index is 0.218. The quantitative estimate of drug-likeness (QED) is 0.191. The maximum absolute atomic E-state index is 16.1. The lowest BCUT2D eigenvalue weighted by atomic mass is 9.73. The molecule has 262 valence electrons. The van der Waals surface area contributed by atoms with Crippen molar-refractivity contribution in [2.24, 2.45) is 5.41 Å². The first-order chi connectivity index (χ1) is 25.2. The molecule has 13 heteroatoms. The average Bonchev–Trinajstić information content (AvgIpc) is 3.66. The average molecular weight is 718 g/mol. The van der Waals surface area contributed by atoms with Crippen LogP contribution in [-0.4, -0.2) is 64.6 Å². The van der Waals surface area contributed by atoms with Gasteiger partial charge in [0.15, 0.2) is 5.82 Å². The van der Waals surface area contributed by atoms with E-state index in [9.17, 15) is 14.0 Å². The molecular weight excluding hydrogens is 685 g/mol. The van der Waals surface area contributed by atoms with Gasteiger partial charge in [-0.3, -0.25) is 14.6 Å². The van der Waals surface area contributed by atoms with Gasteiger partial charge >= 0.3 is 0 Å². The highest BCUT2D eigenvalue weighted by Gasteiger charge is 2.45. The first-order valence-electron chi connectivity index (χ1n) is 17.2. The van der Waals surface area contributed by atoms with Crippen LogP contribution >= 0.6 is 11.3 Å². The number of imidazole rings is 1. The van der Waals surface area contributed by atoms with Gasteiger partial charge in [-0.25, -0.2) is 18.7 Å². The van der Waals surface area contributed by atoms with Crippen LogP contribution < -0.4 is 15.1 Å². The number of aryl methyl sites for hydroxylation is 1. The Hall–Kier alpha value is -5.53. The van der Waals surface area contributed by atoms with Gasteiger partial charge in [0, 0.05) is 67.5 Å². The van der Waals surface area contributed by atoms with E-state index in [0.29, 0.717) is 66.2 Å². The van der Waals surface area contributed by atoms with Gasteiger partial charge < -0.3 is 24.8 Å². The standard InChI is InChI=1S/C39H33F2N7O3S/c1-22-17-27(36(43-19-22)47-20-39(21-47)11-15-51-16-12-39)37(49)44-25-7-4-23(5-8-25)38(50)48-14-10-26-31(41)34(52-33(26)32-30(48)3-2-13-42-32)35-45-28-9-6-24(40)18-29(28)46-35/h2-9,13,17-19H,10-12,14-16,20-21H2,1H3,(H,44,49)(H,45,46). The molecule has 2 N–H and O–H groups in total. The van der Waals surface area contributed by atoms with Crippen molar-refractivity contribution in [3.63, 3.8) is 0 Å². The smallest absolute Gasteiger partial charge is 0.259 e. The van der Waals surface area contributed by atoms with Gasteiger partial charge in [-0.2, -0.15) is 0 Å². The van der Waals surface area contributed by atoms with E-state index in [2.05, 4.69) is 30.2 Å². The zero-order chi connectivity index (χ0) is 35.6. The monoisotopic (exact) mass is 717 g/mol. The molecule has 0 saturated carbocycles. The third kappa shape index (κ3) is 5.60. The van der Waals surface area contributed by atoms with Crippen molar-refractivity contribution >= 4 is 51.4 Å². The summed E-state index contributed by atoms with van der Waals surface area (Å²) in [6.07, 6.45) is 5.69. The van der Waals surface area contributed by atoms with Crippen molar-refractivity contribution in [1.82, 2.24) is 19.9 Å². The summed E-state index contributed by atoms with van der Waals surface area (Å²) in [5.41, 5.74) is 5.10. The van der Waals surface area contributed by atoms with Gasteiger partial charge in [-0.1, -0.05) is 0 Å². The normalized spacial score (nSPS) is 16.3. The van der Waals surface area contributed by atoms with E-state index in [4.69, 9.17) is 4.74 Å². The summed E-state index contributed by atoms with van der Waals surface area (Å²) in [6.45, 7) is 5.37. The maximum atomic E-state index is 16.1. The predicted octanol–water partition coefficient (Wildman–Crippen LogP) is 7.41. The van der Waals surface area contributed by atoms with Crippen LogP contribution in [0.4, 0.5) is 26.0 Å². The van der Waals surface area contributed by atoms with Crippen molar-refractivity contribution in [3.8, 4) is 21.3 Å². The minimum atomic E-state index is -0.435. The second-order valence-corrected chi connectivity index (χ2v) is 14.8. The lowest BCUT2D eigenvalue weighted by molar-refractivity contribution is -0.000510. The summed E-state index contributed by atoms with van der Waals surface area (Å²) < 4.78 is 35.5. The van der Waals surface area contributed by atoms with Crippen molar-refractivity contribution in [1.29, 1.82) is 0 Å². The molecule has 0 bridgehead atoms. The third-order valence-corrected chi connectivity index (χ3v) is 11.5. The largest absolute Gasteiger partial charge is 0.381 e. The van der Waals surface area contributed by atoms with Crippen molar-refractivity contribution in [3.05, 3.63) is 107 Å². The Balaban J connectivity index is 0.940. The van der Waals surface area contributed by atoms with Crippen LogP contribution in [-0.2, 0) is 11.2 Å². The first-order valence-corrected chi connectivity index (χ1v) is 18.0. The number of ether oxygens (including phenoxy) is 1. The van der Waals surface area contributed by atoms with E-state index in [1.807, 2.05) is 13.0 Å². The molecule has 6 aromatic rings. The van der Waals surface area contributed by atoms with Crippen LogP contribution in [0.3, 0.4) is 0 Å². The topological polar surface area (TPSA) is 116 Å². The molecule has 10 nitrogen and oxygen atoms in total. The number of anilines is 3. The maximum Gasteiger partial charge on any atom is 0.259 e. The molecule has 0 radical (unpaired) electrons. The molecule has 2 fully saturated rings. The molecule has 0 aliphatic carbocycles. The molecule has 52 heavy (non-hydrogen) atoms. The molecular formula is C39H33F2N7O3S. The molecule has 1 spiro atoms. The number of H-pyrrole nitrogens is 1. The summed E-state index contributed by atoms with van der Waals surface area (Å²) in [4.78, 5) is 49.1. The van der Waals surface area contributed by atoms with Crippen LogP contribution in [0.5, 0.6) is 0 Å². The van der Waals surface area contributed by atoms with Gasteiger partial charge in [0.25, 0.3) is 11.8 Å². The van der Waals surface area contributed by atoms with Crippen LogP contribution in [0.15, 0.2) is 73.1 Å². The van der Waals surface area contributed by atoms with Gasteiger partial charge in [-0.15, -0.1) is 11.3 Å². The number of hydrogen-bond donors (Lipinski definition) is 2. The highest BCUT2D eigenvalue weighted by Crippen LogP contribution is 2.46. The number of aromatic amines is 1. The number of nitrogens with one attached hydrogen (secondary N) is 2. The zero-order valence-electron chi connectivity index (χ0n) is 28.2. The molecule has 9 rings (SSSR count). The Labute approximate surface area is 301 Å². The number of halogens is 2. The van der Waals surface area contributed by atoms with Gasteiger partial charge in [0.1, 0.15) is 28.0 Å². The Morgan fingerprint density at radius 2 is 1.81 bits per heavy atom. The summed E-state index contributed by atoms with van der Waals surface area (Å²) in [6, 6.07) is 16.4. The molecule has 3 aliphatic rings. The van der Waals surface area contributed by atoms with E-state index in [0.717, 1.165) is 44.7 Å². The van der Waals surface area contributed by atoms with Crippen LogP contribution in [0.25, 0.3) is 32.3 Å². The number of benzene rings is 2. The molecule has 2 aromatic carbocycles. The lowest BCUT2D eigenvalue weighted by Gasteiger charge is -2.53. The van der Waals surface area contributed by atoms with E-state index >= 15 is 4.39 Å². The fraction of sp³-hybridized carbons (Fsp3) is 0.256. The first kappa shape index (κ1) is 32.4. The van der Waals surface area contributed by atoms with Crippen LogP contribution in [0.1, 0.15) is 44.7 Å². The van der Waals surface area contributed by atoms with E-state index in [-0.39, 0.29) is 30.2 Å². The molecule has 0 unspecified atom stereocenters. The Kier molecular flexibility index (Phi) is 7.85. The SMILES string of the molecule is Cc1cnc(N2CC3(CCOCC3)C2)c(C(=O)Nc2ccc(C(=O)N3CCc4c(sc(-c5nc6ccc(F)cc6[nH]5)c4F)-c4ncccc43)cc2)c1. The number of carbonyl (C=O) groups is 2. The number of amides is 2. The Morgan fingerprint density at radius 1 is 1.00 bits per heavy atom. The van der Waals surface area contributed by atoms with E-state index in [1.165, 1.54) is 23.5 Å². The summed E-state index contributed by atoms with van der Waals surface area (Å²) in [5.74, 6) is -0.403. The number of fused-ring (bicyclic) bond motifs is 4. The Bertz CT molecular complexity index is 2380. The fourth-order valence-corrected chi connectivity index (χ4v) is 8.69. The Morgan fingerprint density at radius 3 is 2.62 bits per heavy atom. The number of carbonyl (C=O) groups excluding carboxylic acids is 2. The lowest BCUT2D eigenvalue weighted by Crippen LogP contribution is -2.59. The van der Waals surface area contributed by atoms with Gasteiger partial charge in [-0.05, 0) is 92.4 Å². The molecule has 4 aromatic heterocycles. The molecule has 3 aliphatic heterocycles. The molecule has 7 heterocycles. The zero-order valence-corrected chi connectivity index (χ0v) is 29.0. The van der Waals surface area contributed by atoms with Crippen LogP contribution in [0.2, 0.25) is 0 Å². The van der Waals surface area contributed by atoms with Gasteiger partial charge in [0.05, 0.1) is 27.2 Å². The number of aromatic nitrogens is 4. The van der Waals surface area contributed by atoms with Crippen molar-refractivity contribution in [2.75, 3.05) is 48.0 Å². The van der Waals surface area contributed by atoms with Crippen molar-refractivity contribution in [2.45, 2.75) is 26.2 Å². The molecule has 2 amide bonds. The van der Waals surface area contributed by atoms with Gasteiger partial charge in [0.2, 0.25) is 0 Å². The fourth-order valence-electron chi connectivity index (χ4n) is 7.51. The summed E-state index contributed by atoms with van der Waals surface area (Å²) in [5, 5.41) is 2.99. The molecule has 2 saturated heterocycles. The highest BCUT2D eigenvalue weighted by atomic mass is 32.1. The number of nitrogens with zero attached hydrogens (tertiary/aromatic N) is 5. The minimum Gasteiger partial charge on any atom is -0.381 e. The third-order valence-electron chi connectivity index (χ3n) is 10.3. The second-order valence-electron chi connectivity index (χ2n) is 13.8. The van der Waals surface area contributed by atoms with Crippen LogP contribution in [0, 0.1) is 24.0 Å². The summed E-state index contributed by atoms with van der Waals surface area (Å²) >= 11 is 1.20. The number of thiophene rings is 1. The van der Waals surface area contributed by atoms with E-state index < -0.39 is 11.6 Å². The number of pyridine rings is 2. The highest BCUT2D eigenvalue weighted by molar-refractivity contribution is 7.19. The molecule has 0 atom stereocenters. The summed E-state index contributed by atoms with van der Waals surface area (Å²) in [7, 11) is 0. The van der Waals surface area contributed by atoms with Crippen molar-refractivity contribution < 1.29 is 23.1 Å².